The highest BCUT2D eigenvalue weighted by Gasteiger charge is 2.30. The summed E-state index contributed by atoms with van der Waals surface area (Å²) in [6, 6.07) is 20.2. The Hall–Kier alpha value is -4.96. The van der Waals surface area contributed by atoms with Crippen LogP contribution in [0.2, 0.25) is 5.02 Å². The number of carbonyl (C=O) groups excluding carboxylic acids is 1. The van der Waals surface area contributed by atoms with Crippen LogP contribution in [0.5, 0.6) is 5.75 Å². The second-order valence-electron chi connectivity index (χ2n) is 8.91. The number of halogens is 1. The van der Waals surface area contributed by atoms with Gasteiger partial charge in [-0.3, -0.25) is 24.3 Å². The van der Waals surface area contributed by atoms with Crippen molar-refractivity contribution in [3.63, 3.8) is 0 Å². The van der Waals surface area contributed by atoms with E-state index >= 15 is 0 Å². The molecule has 1 unspecified atom stereocenters. The number of hydrogen-bond donors (Lipinski definition) is 0. The molecule has 2 aromatic heterocycles. The van der Waals surface area contributed by atoms with Gasteiger partial charge in [0.15, 0.2) is 0 Å². The highest BCUT2D eigenvalue weighted by atomic mass is 35.5. The Bertz CT molecular complexity index is 1780. The first-order chi connectivity index (χ1) is 19.3. The van der Waals surface area contributed by atoms with Gasteiger partial charge in [0, 0.05) is 12.1 Å². The van der Waals surface area contributed by atoms with Crippen molar-refractivity contribution in [2.45, 2.75) is 19.5 Å². The standard InChI is InChI=1S/C29H23ClN4O6/c1-18(32(17-20-8-7-15-40-20)28(35)21-14-13-19(34(37)38)16-23(21)30)27-31-24-10-4-3-9-22(24)29(36)33(27)25-11-5-6-12-26(25)39-2/h3-16,18H,17H2,1-2H3. The average molecular weight is 559 g/mol. The predicted molar refractivity (Wildman–Crippen MR) is 149 cm³/mol. The van der Waals surface area contributed by atoms with Crippen LogP contribution < -0.4 is 10.3 Å². The topological polar surface area (TPSA) is 121 Å². The van der Waals surface area contributed by atoms with E-state index in [1.807, 2.05) is 0 Å². The number of benzene rings is 3. The summed E-state index contributed by atoms with van der Waals surface area (Å²) < 4.78 is 12.5. The van der Waals surface area contributed by atoms with Crippen LogP contribution in [0.25, 0.3) is 16.6 Å². The Balaban J connectivity index is 1.71. The Morgan fingerprint density at radius 2 is 1.88 bits per heavy atom. The molecule has 0 aliphatic heterocycles. The van der Waals surface area contributed by atoms with Crippen molar-refractivity contribution in [2.24, 2.45) is 0 Å². The van der Waals surface area contributed by atoms with Gasteiger partial charge in [-0.1, -0.05) is 35.9 Å². The molecule has 0 aliphatic rings. The summed E-state index contributed by atoms with van der Waals surface area (Å²) in [5.41, 5.74) is 0.384. The second-order valence-corrected chi connectivity index (χ2v) is 9.32. The lowest BCUT2D eigenvalue weighted by Crippen LogP contribution is -2.37. The molecule has 202 valence electrons. The molecule has 0 radical (unpaired) electrons. The molecule has 11 heteroatoms. The number of amides is 1. The van der Waals surface area contributed by atoms with Gasteiger partial charge >= 0.3 is 0 Å². The molecule has 10 nitrogen and oxygen atoms in total. The second kappa shape index (κ2) is 11.0. The number of non-ortho nitro benzene ring substituents is 1. The first-order valence-corrected chi connectivity index (χ1v) is 12.6. The number of nitrogens with zero attached hydrogens (tertiary/aromatic N) is 4. The number of aromatic nitrogens is 2. The number of hydrogen-bond acceptors (Lipinski definition) is 7. The number of nitro benzene ring substituents is 1. The summed E-state index contributed by atoms with van der Waals surface area (Å²) in [4.78, 5) is 44.8. The molecule has 0 aliphatic carbocycles. The first kappa shape index (κ1) is 26.6. The van der Waals surface area contributed by atoms with Crippen molar-refractivity contribution in [3.05, 3.63) is 128 Å². The van der Waals surface area contributed by atoms with E-state index in [9.17, 15) is 19.7 Å². The highest BCUT2D eigenvalue weighted by molar-refractivity contribution is 6.34. The van der Waals surface area contributed by atoms with E-state index in [1.165, 1.54) is 35.0 Å². The van der Waals surface area contributed by atoms with E-state index < -0.39 is 16.9 Å². The molecule has 0 fully saturated rings. The van der Waals surface area contributed by atoms with E-state index in [0.29, 0.717) is 28.1 Å². The third-order valence-electron chi connectivity index (χ3n) is 6.53. The lowest BCUT2D eigenvalue weighted by atomic mass is 10.1. The third kappa shape index (κ3) is 4.92. The van der Waals surface area contributed by atoms with E-state index in [-0.39, 0.29) is 34.2 Å². The lowest BCUT2D eigenvalue weighted by molar-refractivity contribution is -0.384. The average Bonchev–Trinajstić information content (AvgIpc) is 3.48. The lowest BCUT2D eigenvalue weighted by Gasteiger charge is -2.30. The van der Waals surface area contributed by atoms with Gasteiger partial charge in [-0.2, -0.15) is 0 Å². The largest absolute Gasteiger partial charge is 0.495 e. The quantitative estimate of drug-likeness (QED) is 0.170. The summed E-state index contributed by atoms with van der Waals surface area (Å²) >= 11 is 6.35. The van der Waals surface area contributed by atoms with Crippen LogP contribution in [0, 0.1) is 10.1 Å². The van der Waals surface area contributed by atoms with Gasteiger partial charge in [0.25, 0.3) is 17.2 Å². The number of rotatable bonds is 8. The zero-order valence-corrected chi connectivity index (χ0v) is 22.2. The normalized spacial score (nSPS) is 11.8. The van der Waals surface area contributed by atoms with E-state index in [4.69, 9.17) is 25.7 Å². The maximum Gasteiger partial charge on any atom is 0.270 e. The maximum atomic E-state index is 14.0. The van der Waals surface area contributed by atoms with Crippen molar-refractivity contribution >= 4 is 34.1 Å². The summed E-state index contributed by atoms with van der Waals surface area (Å²) in [6.45, 7) is 1.75. The predicted octanol–water partition coefficient (Wildman–Crippen LogP) is 5.95. The molecular formula is C29H23ClN4O6. The van der Waals surface area contributed by atoms with Crippen LogP contribution in [-0.4, -0.2) is 32.4 Å². The van der Waals surface area contributed by atoms with Crippen LogP contribution >= 0.6 is 11.6 Å². The molecule has 40 heavy (non-hydrogen) atoms. The molecule has 0 spiro atoms. The summed E-state index contributed by atoms with van der Waals surface area (Å²) in [5.74, 6) is 0.659. The van der Waals surface area contributed by atoms with E-state index in [0.717, 1.165) is 6.07 Å². The van der Waals surface area contributed by atoms with Crippen molar-refractivity contribution in [1.82, 2.24) is 14.5 Å². The Kier molecular flexibility index (Phi) is 7.35. The van der Waals surface area contributed by atoms with Gasteiger partial charge < -0.3 is 14.1 Å². The number of fused-ring (bicyclic) bond motifs is 1. The molecule has 0 bridgehead atoms. The van der Waals surface area contributed by atoms with Crippen molar-refractivity contribution in [3.8, 4) is 11.4 Å². The SMILES string of the molecule is COc1ccccc1-n1c(C(C)N(Cc2ccco2)C(=O)c2ccc([N+](=O)[O-])cc2Cl)nc2ccccc2c1=O. The number of ether oxygens (including phenoxy) is 1. The zero-order chi connectivity index (χ0) is 28.4. The monoisotopic (exact) mass is 558 g/mol. The number of carbonyl (C=O) groups is 1. The number of methoxy groups -OCH3 is 1. The fourth-order valence-corrected chi connectivity index (χ4v) is 4.77. The van der Waals surface area contributed by atoms with Crippen molar-refractivity contribution in [1.29, 1.82) is 0 Å². The molecule has 0 saturated carbocycles. The minimum Gasteiger partial charge on any atom is -0.495 e. The number of furan rings is 1. The molecule has 0 saturated heterocycles. The molecule has 5 aromatic rings. The molecule has 5 rings (SSSR count). The number of nitro groups is 1. The maximum absolute atomic E-state index is 14.0. The van der Waals surface area contributed by atoms with Crippen LogP contribution in [0.4, 0.5) is 5.69 Å². The summed E-state index contributed by atoms with van der Waals surface area (Å²) in [5, 5.41) is 11.5. The van der Waals surface area contributed by atoms with E-state index in [2.05, 4.69) is 0 Å². The van der Waals surface area contributed by atoms with Crippen molar-refractivity contribution in [2.75, 3.05) is 7.11 Å². The fourth-order valence-electron chi connectivity index (χ4n) is 4.52. The van der Waals surface area contributed by atoms with Crippen LogP contribution in [0.3, 0.4) is 0 Å². The number of para-hydroxylation sites is 3. The smallest absolute Gasteiger partial charge is 0.270 e. The van der Waals surface area contributed by atoms with Gasteiger partial charge in [0.2, 0.25) is 0 Å². The molecule has 0 N–H and O–H groups in total. The zero-order valence-electron chi connectivity index (χ0n) is 21.5. The summed E-state index contributed by atoms with van der Waals surface area (Å²) in [7, 11) is 1.50. The Labute approximate surface area is 233 Å². The van der Waals surface area contributed by atoms with Gasteiger partial charge in [-0.05, 0) is 49.4 Å². The molecule has 1 atom stereocenters. The van der Waals surface area contributed by atoms with Crippen LogP contribution in [0.15, 0.2) is 94.3 Å². The first-order valence-electron chi connectivity index (χ1n) is 12.2. The molecular weight excluding hydrogens is 536 g/mol. The molecule has 3 aromatic carbocycles. The van der Waals surface area contributed by atoms with Crippen LogP contribution in [0.1, 0.15) is 34.9 Å². The molecule has 2 heterocycles. The Morgan fingerprint density at radius 1 is 1.12 bits per heavy atom. The van der Waals surface area contributed by atoms with E-state index in [1.54, 1.807) is 67.6 Å². The highest BCUT2D eigenvalue weighted by Crippen LogP contribution is 2.31. The van der Waals surface area contributed by atoms with Crippen LogP contribution in [-0.2, 0) is 6.54 Å². The fraction of sp³-hybridized carbons (Fsp3) is 0.138. The van der Waals surface area contributed by atoms with Crippen molar-refractivity contribution < 1.29 is 18.9 Å². The van der Waals surface area contributed by atoms with Gasteiger partial charge in [-0.25, -0.2) is 4.98 Å². The summed E-state index contributed by atoms with van der Waals surface area (Å²) in [6.07, 6.45) is 1.49. The van der Waals surface area contributed by atoms with Gasteiger partial charge in [0.05, 0.1) is 58.1 Å². The van der Waals surface area contributed by atoms with Gasteiger partial charge in [-0.15, -0.1) is 0 Å². The van der Waals surface area contributed by atoms with Gasteiger partial charge in [0.1, 0.15) is 17.3 Å². The third-order valence-corrected chi connectivity index (χ3v) is 6.84. The minimum atomic E-state index is -0.800. The molecule has 1 amide bonds. The Morgan fingerprint density at radius 3 is 2.58 bits per heavy atom. The minimum absolute atomic E-state index is 0.00887.